The smallest absolute Gasteiger partial charge is 0.123 e. The lowest BCUT2D eigenvalue weighted by Crippen LogP contribution is -2.32. The first-order valence-electron chi connectivity index (χ1n) is 7.79. The summed E-state index contributed by atoms with van der Waals surface area (Å²) in [5.74, 6) is 1.79. The van der Waals surface area contributed by atoms with E-state index < -0.39 is 0 Å². The van der Waals surface area contributed by atoms with Crippen molar-refractivity contribution >= 4 is 0 Å². The van der Waals surface area contributed by atoms with E-state index in [0.29, 0.717) is 5.92 Å². The van der Waals surface area contributed by atoms with Crippen LogP contribution in [0, 0.1) is 12.8 Å². The standard InChI is InChI=1S/C18H29NO/c1-14-6-7-16(18(2,3)4)17(12-14)20-13-15-8-10-19(5)11-9-15/h6-7,12,15H,8-11,13H2,1-5H3. The lowest BCUT2D eigenvalue weighted by molar-refractivity contribution is 0.158. The number of piperidine rings is 1. The van der Waals surface area contributed by atoms with E-state index in [1.165, 1.54) is 37.1 Å². The predicted molar refractivity (Wildman–Crippen MR) is 85.6 cm³/mol. The molecular weight excluding hydrogens is 246 g/mol. The van der Waals surface area contributed by atoms with Crippen LogP contribution < -0.4 is 4.74 Å². The number of hydrogen-bond donors (Lipinski definition) is 0. The van der Waals surface area contributed by atoms with Crippen LogP contribution in [0.5, 0.6) is 5.75 Å². The first kappa shape index (κ1) is 15.4. The Bertz CT molecular complexity index is 439. The second-order valence-electron chi connectivity index (χ2n) is 7.31. The topological polar surface area (TPSA) is 12.5 Å². The van der Waals surface area contributed by atoms with Crippen LogP contribution in [0.1, 0.15) is 44.7 Å². The Morgan fingerprint density at radius 3 is 2.45 bits per heavy atom. The van der Waals surface area contributed by atoms with E-state index in [4.69, 9.17) is 4.74 Å². The highest BCUT2D eigenvalue weighted by Crippen LogP contribution is 2.32. The van der Waals surface area contributed by atoms with Gasteiger partial charge >= 0.3 is 0 Å². The number of rotatable bonds is 3. The molecule has 1 fully saturated rings. The lowest BCUT2D eigenvalue weighted by atomic mass is 9.86. The fraction of sp³-hybridized carbons (Fsp3) is 0.667. The SMILES string of the molecule is Cc1ccc(C(C)(C)C)c(OCC2CCN(C)CC2)c1. The molecule has 0 N–H and O–H groups in total. The second-order valence-corrected chi connectivity index (χ2v) is 7.31. The number of nitrogens with zero attached hydrogens (tertiary/aromatic N) is 1. The molecule has 2 rings (SSSR count). The van der Waals surface area contributed by atoms with Crippen LogP contribution in [0.3, 0.4) is 0 Å². The van der Waals surface area contributed by atoms with E-state index in [9.17, 15) is 0 Å². The van der Waals surface area contributed by atoms with Gasteiger partial charge in [0.05, 0.1) is 6.61 Å². The minimum absolute atomic E-state index is 0.135. The molecule has 1 aliphatic heterocycles. The van der Waals surface area contributed by atoms with Crippen LogP contribution in [-0.4, -0.2) is 31.6 Å². The Morgan fingerprint density at radius 1 is 1.20 bits per heavy atom. The van der Waals surface area contributed by atoms with Gasteiger partial charge in [-0.3, -0.25) is 0 Å². The summed E-state index contributed by atoms with van der Waals surface area (Å²) < 4.78 is 6.20. The Morgan fingerprint density at radius 2 is 1.85 bits per heavy atom. The van der Waals surface area contributed by atoms with Crippen molar-refractivity contribution in [2.24, 2.45) is 5.92 Å². The first-order valence-corrected chi connectivity index (χ1v) is 7.79. The molecule has 0 atom stereocenters. The zero-order valence-electron chi connectivity index (χ0n) is 13.7. The molecule has 0 unspecified atom stereocenters. The van der Waals surface area contributed by atoms with E-state index >= 15 is 0 Å². The quantitative estimate of drug-likeness (QED) is 0.826. The lowest BCUT2D eigenvalue weighted by Gasteiger charge is -2.30. The van der Waals surface area contributed by atoms with E-state index in [0.717, 1.165) is 12.4 Å². The van der Waals surface area contributed by atoms with Gasteiger partial charge in [0.2, 0.25) is 0 Å². The third-order valence-electron chi connectivity index (χ3n) is 4.26. The highest BCUT2D eigenvalue weighted by Gasteiger charge is 2.21. The molecule has 0 bridgehead atoms. The van der Waals surface area contributed by atoms with E-state index in [2.05, 4.69) is 57.8 Å². The number of hydrogen-bond acceptors (Lipinski definition) is 2. The van der Waals surface area contributed by atoms with Gasteiger partial charge in [-0.15, -0.1) is 0 Å². The summed E-state index contributed by atoms with van der Waals surface area (Å²) >= 11 is 0. The fourth-order valence-electron chi connectivity index (χ4n) is 2.80. The molecule has 1 aliphatic rings. The van der Waals surface area contributed by atoms with E-state index in [-0.39, 0.29) is 5.41 Å². The van der Waals surface area contributed by atoms with E-state index in [1.54, 1.807) is 0 Å². The van der Waals surface area contributed by atoms with Crippen molar-refractivity contribution in [1.82, 2.24) is 4.90 Å². The number of likely N-dealkylation sites (tertiary alicyclic amines) is 1. The molecule has 1 heterocycles. The Labute approximate surface area is 124 Å². The van der Waals surface area contributed by atoms with Crippen LogP contribution in [-0.2, 0) is 5.41 Å². The molecule has 1 aromatic carbocycles. The normalized spacial score (nSPS) is 18.2. The van der Waals surface area contributed by atoms with E-state index in [1.807, 2.05) is 0 Å². The molecule has 1 aromatic rings. The highest BCUT2D eigenvalue weighted by atomic mass is 16.5. The molecule has 2 heteroatoms. The van der Waals surface area contributed by atoms with Crippen LogP contribution in [0.15, 0.2) is 18.2 Å². The average Bonchev–Trinajstić information content (AvgIpc) is 2.36. The predicted octanol–water partition coefficient (Wildman–Crippen LogP) is 4.01. The maximum absolute atomic E-state index is 6.20. The van der Waals surface area contributed by atoms with Crippen molar-refractivity contribution in [3.05, 3.63) is 29.3 Å². The van der Waals surface area contributed by atoms with Gasteiger partial charge in [-0.1, -0.05) is 32.9 Å². The minimum atomic E-state index is 0.135. The maximum atomic E-state index is 6.20. The van der Waals surface area contributed by atoms with Crippen LogP contribution in [0.4, 0.5) is 0 Å². The number of aryl methyl sites for hydroxylation is 1. The van der Waals surface area contributed by atoms with Crippen molar-refractivity contribution < 1.29 is 4.74 Å². The molecule has 0 aliphatic carbocycles. The van der Waals surface area contributed by atoms with Crippen molar-refractivity contribution in [1.29, 1.82) is 0 Å². The Kier molecular flexibility index (Phi) is 4.74. The molecule has 112 valence electrons. The van der Waals surface area contributed by atoms with Gasteiger partial charge in [0.15, 0.2) is 0 Å². The summed E-state index contributed by atoms with van der Waals surface area (Å²) in [6.45, 7) is 12.2. The van der Waals surface area contributed by atoms with Crippen LogP contribution in [0.25, 0.3) is 0 Å². The molecule has 0 saturated carbocycles. The largest absolute Gasteiger partial charge is 0.493 e. The number of benzene rings is 1. The molecule has 20 heavy (non-hydrogen) atoms. The Balaban J connectivity index is 2.03. The zero-order chi connectivity index (χ0) is 14.8. The summed E-state index contributed by atoms with van der Waals surface area (Å²) in [6.07, 6.45) is 2.51. The first-order chi connectivity index (χ1) is 9.36. The molecule has 0 radical (unpaired) electrons. The molecule has 0 spiro atoms. The third kappa shape index (κ3) is 3.99. The summed E-state index contributed by atoms with van der Waals surface area (Å²) in [6, 6.07) is 6.60. The monoisotopic (exact) mass is 275 g/mol. The maximum Gasteiger partial charge on any atom is 0.123 e. The van der Waals surface area contributed by atoms with Crippen molar-refractivity contribution in [3.8, 4) is 5.75 Å². The molecule has 0 amide bonds. The summed E-state index contributed by atoms with van der Waals surface area (Å²) in [4.78, 5) is 2.41. The van der Waals surface area contributed by atoms with Gasteiger partial charge in [-0.05, 0) is 68.4 Å². The Hall–Kier alpha value is -1.02. The van der Waals surface area contributed by atoms with Crippen molar-refractivity contribution in [2.75, 3.05) is 26.7 Å². The number of ether oxygens (including phenoxy) is 1. The highest BCUT2D eigenvalue weighted by molar-refractivity contribution is 5.41. The van der Waals surface area contributed by atoms with Gasteiger partial charge in [0, 0.05) is 0 Å². The van der Waals surface area contributed by atoms with Gasteiger partial charge in [0.1, 0.15) is 5.75 Å². The zero-order valence-corrected chi connectivity index (χ0v) is 13.7. The average molecular weight is 275 g/mol. The fourth-order valence-corrected chi connectivity index (χ4v) is 2.80. The van der Waals surface area contributed by atoms with Gasteiger partial charge in [-0.2, -0.15) is 0 Å². The summed E-state index contributed by atoms with van der Waals surface area (Å²) in [5, 5.41) is 0. The van der Waals surface area contributed by atoms with Crippen molar-refractivity contribution in [3.63, 3.8) is 0 Å². The third-order valence-corrected chi connectivity index (χ3v) is 4.26. The van der Waals surface area contributed by atoms with Crippen molar-refractivity contribution in [2.45, 2.75) is 46.0 Å². The van der Waals surface area contributed by atoms with Crippen LogP contribution in [0.2, 0.25) is 0 Å². The molecule has 0 aromatic heterocycles. The summed E-state index contributed by atoms with van der Waals surface area (Å²) in [5.41, 5.74) is 2.72. The molecule has 2 nitrogen and oxygen atoms in total. The molecular formula is C18H29NO. The minimum Gasteiger partial charge on any atom is -0.493 e. The molecule has 1 saturated heterocycles. The van der Waals surface area contributed by atoms with Crippen LogP contribution >= 0.6 is 0 Å². The summed E-state index contributed by atoms with van der Waals surface area (Å²) in [7, 11) is 2.20. The van der Waals surface area contributed by atoms with Gasteiger partial charge < -0.3 is 9.64 Å². The second kappa shape index (κ2) is 6.17. The van der Waals surface area contributed by atoms with Gasteiger partial charge in [-0.25, -0.2) is 0 Å². The van der Waals surface area contributed by atoms with Gasteiger partial charge in [0.25, 0.3) is 0 Å².